The van der Waals surface area contributed by atoms with Gasteiger partial charge in [0.1, 0.15) is 13.2 Å². The first kappa shape index (κ1) is 18.3. The number of nitrogens with two attached hydrogens (primary N) is 1. The summed E-state index contributed by atoms with van der Waals surface area (Å²) in [5.74, 6) is 0.914. The van der Waals surface area contributed by atoms with Crippen LogP contribution in [0.15, 0.2) is 48.5 Å². The van der Waals surface area contributed by atoms with Crippen LogP contribution in [0.5, 0.6) is 11.5 Å². The van der Waals surface area contributed by atoms with Crippen molar-refractivity contribution in [1.82, 2.24) is 5.32 Å². The van der Waals surface area contributed by atoms with E-state index in [9.17, 15) is 4.79 Å². The van der Waals surface area contributed by atoms with Crippen molar-refractivity contribution >= 4 is 5.91 Å². The Kier molecular flexibility index (Phi) is 6.50. The fraction of sp³-hybridized carbons (Fsp3) is 0.381. The van der Waals surface area contributed by atoms with Crippen LogP contribution in [0.4, 0.5) is 0 Å². The third-order valence-corrected chi connectivity index (χ3v) is 4.66. The molecular formula is C21H26N2O3. The van der Waals surface area contributed by atoms with Gasteiger partial charge in [-0.25, -0.2) is 0 Å². The lowest BCUT2D eigenvalue weighted by molar-refractivity contribution is 0.0998. The van der Waals surface area contributed by atoms with Gasteiger partial charge in [-0.2, -0.15) is 0 Å². The second kappa shape index (κ2) is 9.25. The molecule has 0 radical (unpaired) electrons. The standard InChI is InChI=1S/C21H26N2O3/c22-21(24)18-10-4-1-7-16(18)15-26-20-12-6-5-11-19(20)25-14-13-23-17-8-2-3-9-17/h1,4-7,10-12,17,23H,2-3,8-9,13-15H2,(H2,22,24). The van der Waals surface area contributed by atoms with Crippen LogP contribution in [-0.4, -0.2) is 25.1 Å². The van der Waals surface area contributed by atoms with E-state index in [1.165, 1.54) is 25.7 Å². The predicted molar refractivity (Wildman–Crippen MR) is 101 cm³/mol. The molecule has 0 aliphatic heterocycles. The fourth-order valence-electron chi connectivity index (χ4n) is 3.28. The van der Waals surface area contributed by atoms with E-state index in [1.54, 1.807) is 12.1 Å². The lowest BCUT2D eigenvalue weighted by Gasteiger charge is -2.15. The maximum absolute atomic E-state index is 11.5. The molecule has 3 N–H and O–H groups in total. The normalized spacial score (nSPS) is 14.3. The van der Waals surface area contributed by atoms with Crippen molar-refractivity contribution in [3.05, 3.63) is 59.7 Å². The third-order valence-electron chi connectivity index (χ3n) is 4.66. The zero-order valence-corrected chi connectivity index (χ0v) is 14.9. The van der Waals surface area contributed by atoms with Gasteiger partial charge in [0.2, 0.25) is 5.91 Å². The third kappa shape index (κ3) is 4.99. The van der Waals surface area contributed by atoms with Gasteiger partial charge in [-0.3, -0.25) is 4.79 Å². The molecule has 0 saturated heterocycles. The summed E-state index contributed by atoms with van der Waals surface area (Å²) in [6.07, 6.45) is 5.17. The molecule has 0 unspecified atom stereocenters. The van der Waals surface area contributed by atoms with E-state index in [-0.39, 0.29) is 6.61 Å². The van der Waals surface area contributed by atoms with Crippen molar-refractivity contribution < 1.29 is 14.3 Å². The minimum atomic E-state index is -0.452. The van der Waals surface area contributed by atoms with Gasteiger partial charge < -0.3 is 20.5 Å². The summed E-state index contributed by atoms with van der Waals surface area (Å²) in [4.78, 5) is 11.5. The average Bonchev–Trinajstić information content (AvgIpc) is 3.18. The Balaban J connectivity index is 1.54. The van der Waals surface area contributed by atoms with Gasteiger partial charge in [0.25, 0.3) is 0 Å². The van der Waals surface area contributed by atoms with Gasteiger partial charge in [0.15, 0.2) is 11.5 Å². The first-order valence-corrected chi connectivity index (χ1v) is 9.20. The number of benzene rings is 2. The number of rotatable bonds is 9. The van der Waals surface area contributed by atoms with Crippen LogP contribution in [0.25, 0.3) is 0 Å². The summed E-state index contributed by atoms with van der Waals surface area (Å²) in [7, 11) is 0. The van der Waals surface area contributed by atoms with Crippen LogP contribution in [0.3, 0.4) is 0 Å². The Hall–Kier alpha value is -2.53. The molecule has 0 atom stereocenters. The zero-order valence-electron chi connectivity index (χ0n) is 14.9. The minimum Gasteiger partial charge on any atom is -0.488 e. The van der Waals surface area contributed by atoms with Crippen molar-refractivity contribution in [3.63, 3.8) is 0 Å². The number of para-hydroxylation sites is 2. The number of carbonyl (C=O) groups excluding carboxylic acids is 1. The Morgan fingerprint density at radius 2 is 1.65 bits per heavy atom. The smallest absolute Gasteiger partial charge is 0.249 e. The highest BCUT2D eigenvalue weighted by molar-refractivity contribution is 5.94. The van der Waals surface area contributed by atoms with Crippen molar-refractivity contribution in [2.75, 3.05) is 13.2 Å². The molecule has 5 heteroatoms. The molecule has 0 heterocycles. The van der Waals surface area contributed by atoms with Gasteiger partial charge in [-0.05, 0) is 31.0 Å². The maximum atomic E-state index is 11.5. The molecule has 5 nitrogen and oxygen atoms in total. The number of hydrogen-bond donors (Lipinski definition) is 2. The first-order chi connectivity index (χ1) is 12.7. The molecule has 3 rings (SSSR count). The Bertz CT molecular complexity index is 727. The summed E-state index contributed by atoms with van der Waals surface area (Å²) in [5.41, 5.74) is 6.66. The number of primary amides is 1. The summed E-state index contributed by atoms with van der Waals surface area (Å²) < 4.78 is 11.8. The molecule has 0 spiro atoms. The summed E-state index contributed by atoms with van der Waals surface area (Å²) in [5, 5.41) is 3.53. The van der Waals surface area contributed by atoms with Crippen LogP contribution in [0.1, 0.15) is 41.6 Å². The van der Waals surface area contributed by atoms with E-state index in [0.717, 1.165) is 12.1 Å². The van der Waals surface area contributed by atoms with Crippen LogP contribution in [0.2, 0.25) is 0 Å². The van der Waals surface area contributed by atoms with E-state index in [4.69, 9.17) is 15.2 Å². The monoisotopic (exact) mass is 354 g/mol. The number of carbonyl (C=O) groups is 1. The second-order valence-electron chi connectivity index (χ2n) is 6.54. The van der Waals surface area contributed by atoms with Gasteiger partial charge in [-0.1, -0.05) is 43.2 Å². The van der Waals surface area contributed by atoms with Crippen LogP contribution < -0.4 is 20.5 Å². The van der Waals surface area contributed by atoms with E-state index in [2.05, 4.69) is 5.32 Å². The first-order valence-electron chi connectivity index (χ1n) is 9.20. The maximum Gasteiger partial charge on any atom is 0.249 e. The lowest BCUT2D eigenvalue weighted by atomic mass is 10.1. The molecule has 1 amide bonds. The van der Waals surface area contributed by atoms with E-state index < -0.39 is 5.91 Å². The fourth-order valence-corrected chi connectivity index (χ4v) is 3.28. The molecule has 0 aromatic heterocycles. The van der Waals surface area contributed by atoms with Gasteiger partial charge >= 0.3 is 0 Å². The summed E-state index contributed by atoms with van der Waals surface area (Å²) in [6.45, 7) is 1.68. The number of amides is 1. The minimum absolute atomic E-state index is 0.264. The van der Waals surface area contributed by atoms with Gasteiger partial charge in [0.05, 0.1) is 0 Å². The van der Waals surface area contributed by atoms with Crippen LogP contribution in [-0.2, 0) is 6.61 Å². The molecule has 138 valence electrons. The van der Waals surface area contributed by atoms with Crippen molar-refractivity contribution in [2.24, 2.45) is 5.73 Å². The Labute approximate surface area is 154 Å². The molecule has 1 saturated carbocycles. The Morgan fingerprint density at radius 1 is 1.00 bits per heavy atom. The topological polar surface area (TPSA) is 73.6 Å². The van der Waals surface area contributed by atoms with E-state index in [0.29, 0.717) is 29.7 Å². The molecular weight excluding hydrogens is 328 g/mol. The molecule has 0 bridgehead atoms. The number of nitrogens with one attached hydrogen (secondary N) is 1. The zero-order chi connectivity index (χ0) is 18.2. The molecule has 1 aliphatic carbocycles. The highest BCUT2D eigenvalue weighted by Crippen LogP contribution is 2.27. The molecule has 26 heavy (non-hydrogen) atoms. The van der Waals surface area contributed by atoms with Crippen LogP contribution >= 0.6 is 0 Å². The van der Waals surface area contributed by atoms with Crippen molar-refractivity contribution in [3.8, 4) is 11.5 Å². The van der Waals surface area contributed by atoms with Gasteiger partial charge in [-0.15, -0.1) is 0 Å². The SMILES string of the molecule is NC(=O)c1ccccc1COc1ccccc1OCCNC1CCCC1. The summed E-state index contributed by atoms with van der Waals surface area (Å²) in [6, 6.07) is 15.4. The van der Waals surface area contributed by atoms with E-state index in [1.807, 2.05) is 36.4 Å². The molecule has 1 aliphatic rings. The number of hydrogen-bond acceptors (Lipinski definition) is 4. The van der Waals surface area contributed by atoms with Crippen molar-refractivity contribution in [2.45, 2.75) is 38.3 Å². The quantitative estimate of drug-likeness (QED) is 0.678. The largest absolute Gasteiger partial charge is 0.488 e. The average molecular weight is 354 g/mol. The van der Waals surface area contributed by atoms with Crippen molar-refractivity contribution in [1.29, 1.82) is 0 Å². The highest BCUT2D eigenvalue weighted by atomic mass is 16.5. The predicted octanol–water partition coefficient (Wildman–Crippen LogP) is 3.28. The summed E-state index contributed by atoms with van der Waals surface area (Å²) >= 11 is 0. The molecule has 2 aromatic rings. The lowest BCUT2D eigenvalue weighted by Crippen LogP contribution is -2.30. The van der Waals surface area contributed by atoms with E-state index >= 15 is 0 Å². The molecule has 2 aromatic carbocycles. The second-order valence-corrected chi connectivity index (χ2v) is 6.54. The number of ether oxygens (including phenoxy) is 2. The van der Waals surface area contributed by atoms with Gasteiger partial charge in [0, 0.05) is 23.7 Å². The highest BCUT2D eigenvalue weighted by Gasteiger charge is 2.14. The Morgan fingerprint density at radius 3 is 2.38 bits per heavy atom. The molecule has 1 fully saturated rings. The van der Waals surface area contributed by atoms with Crippen LogP contribution in [0, 0.1) is 0 Å².